The Bertz CT molecular complexity index is 1260. The van der Waals surface area contributed by atoms with Gasteiger partial charge in [0, 0.05) is 6.54 Å². The van der Waals surface area contributed by atoms with Crippen LogP contribution in [0.15, 0.2) is 102 Å². The average molecular weight is 541 g/mol. The Morgan fingerprint density at radius 1 is 0.868 bits per heavy atom. The molecular formula is C32H32N2O2S2. The van der Waals surface area contributed by atoms with E-state index in [0.29, 0.717) is 15.8 Å². The van der Waals surface area contributed by atoms with Crippen molar-refractivity contribution in [2.75, 3.05) is 31.1 Å². The van der Waals surface area contributed by atoms with E-state index in [-0.39, 0.29) is 5.91 Å². The second-order valence-electron chi connectivity index (χ2n) is 9.45. The summed E-state index contributed by atoms with van der Waals surface area (Å²) in [5, 5.41) is 0. The molecule has 2 aliphatic rings. The first kappa shape index (κ1) is 26.4. The van der Waals surface area contributed by atoms with Crippen molar-refractivity contribution in [2.45, 2.75) is 25.7 Å². The summed E-state index contributed by atoms with van der Waals surface area (Å²) in [6.45, 7) is 4.20. The van der Waals surface area contributed by atoms with Gasteiger partial charge in [0.2, 0.25) is 0 Å². The molecule has 0 atom stereocenters. The van der Waals surface area contributed by atoms with Crippen molar-refractivity contribution in [3.8, 4) is 5.75 Å². The monoisotopic (exact) mass is 540 g/mol. The number of nitrogens with zero attached hydrogens (tertiary/aromatic N) is 2. The molecule has 0 spiro atoms. The van der Waals surface area contributed by atoms with E-state index in [2.05, 4.69) is 29.2 Å². The smallest absolute Gasteiger partial charge is 0.270 e. The largest absolute Gasteiger partial charge is 0.494 e. The number of carbonyl (C=O) groups is 1. The summed E-state index contributed by atoms with van der Waals surface area (Å²) in [5.74, 6) is 0.707. The lowest BCUT2D eigenvalue weighted by Gasteiger charge is -2.26. The molecule has 2 aliphatic heterocycles. The molecule has 0 aromatic heterocycles. The van der Waals surface area contributed by atoms with Crippen LogP contribution in [0.3, 0.4) is 0 Å². The minimum absolute atomic E-state index is 0.105. The molecule has 0 bridgehead atoms. The second-order valence-corrected chi connectivity index (χ2v) is 11.1. The average Bonchev–Trinajstić information content (AvgIpc) is 3.25. The predicted molar refractivity (Wildman–Crippen MR) is 163 cm³/mol. The maximum Gasteiger partial charge on any atom is 0.270 e. The van der Waals surface area contributed by atoms with Gasteiger partial charge in [-0.2, -0.15) is 0 Å². The van der Waals surface area contributed by atoms with Crippen LogP contribution in [-0.2, 0) is 4.79 Å². The molecule has 0 aliphatic carbocycles. The molecule has 2 saturated heterocycles. The zero-order valence-electron chi connectivity index (χ0n) is 21.4. The van der Waals surface area contributed by atoms with E-state index in [1.165, 1.54) is 44.1 Å². The highest BCUT2D eigenvalue weighted by Crippen LogP contribution is 2.36. The molecule has 0 N–H and O–H groups in total. The Morgan fingerprint density at radius 3 is 2.13 bits per heavy atom. The highest BCUT2D eigenvalue weighted by molar-refractivity contribution is 8.27. The van der Waals surface area contributed by atoms with Crippen molar-refractivity contribution in [1.82, 2.24) is 4.90 Å². The van der Waals surface area contributed by atoms with E-state index >= 15 is 0 Å². The summed E-state index contributed by atoms with van der Waals surface area (Å²) < 4.78 is 6.48. The number of rotatable bonds is 9. The van der Waals surface area contributed by atoms with Gasteiger partial charge in [0.15, 0.2) is 4.32 Å². The van der Waals surface area contributed by atoms with Gasteiger partial charge in [0.05, 0.1) is 17.2 Å². The fraction of sp³-hybridized carbons (Fsp3) is 0.250. The highest BCUT2D eigenvalue weighted by Gasteiger charge is 2.33. The summed E-state index contributed by atoms with van der Waals surface area (Å²) in [6.07, 6.45) is 8.89. The molecule has 1 amide bonds. The minimum Gasteiger partial charge on any atom is -0.494 e. The van der Waals surface area contributed by atoms with Gasteiger partial charge in [-0.15, -0.1) is 0 Å². The van der Waals surface area contributed by atoms with Gasteiger partial charge in [-0.1, -0.05) is 97.1 Å². The number of amides is 1. The van der Waals surface area contributed by atoms with E-state index in [4.69, 9.17) is 17.0 Å². The van der Waals surface area contributed by atoms with Crippen LogP contribution in [0.25, 0.3) is 5.57 Å². The molecule has 2 heterocycles. The second kappa shape index (κ2) is 13.1. The number of benzene rings is 3. The van der Waals surface area contributed by atoms with Crippen molar-refractivity contribution >= 4 is 45.5 Å². The number of thiocarbonyl (C=S) groups is 1. The maximum absolute atomic E-state index is 13.3. The molecule has 5 rings (SSSR count). The third-order valence-corrected chi connectivity index (χ3v) is 8.12. The number of hydrogen-bond acceptors (Lipinski definition) is 5. The Kier molecular flexibility index (Phi) is 9.07. The molecule has 0 radical (unpaired) electrons. The van der Waals surface area contributed by atoms with E-state index in [9.17, 15) is 4.79 Å². The van der Waals surface area contributed by atoms with Crippen molar-refractivity contribution < 1.29 is 9.53 Å². The lowest BCUT2D eigenvalue weighted by Crippen LogP contribution is -2.31. The van der Waals surface area contributed by atoms with Gasteiger partial charge in [-0.3, -0.25) is 9.69 Å². The maximum atomic E-state index is 13.3. The molecule has 3 aromatic carbocycles. The molecule has 6 heteroatoms. The molecule has 3 aromatic rings. The molecule has 0 unspecified atom stereocenters. The summed E-state index contributed by atoms with van der Waals surface area (Å²) in [7, 11) is 0. The van der Waals surface area contributed by atoms with Gasteiger partial charge >= 0.3 is 0 Å². The first-order valence-electron chi connectivity index (χ1n) is 13.2. The third-order valence-electron chi connectivity index (χ3n) is 6.80. The van der Waals surface area contributed by atoms with Crippen LogP contribution in [0.2, 0.25) is 0 Å². The number of likely N-dealkylation sites (tertiary alicyclic amines) is 1. The van der Waals surface area contributed by atoms with Gasteiger partial charge in [0.25, 0.3) is 5.91 Å². The normalized spacial score (nSPS) is 17.2. The molecule has 4 nitrogen and oxygen atoms in total. The molecular weight excluding hydrogens is 508 g/mol. The van der Waals surface area contributed by atoms with Gasteiger partial charge in [-0.25, -0.2) is 0 Å². The third kappa shape index (κ3) is 6.62. The molecule has 2 fully saturated rings. The summed E-state index contributed by atoms with van der Waals surface area (Å²) in [4.78, 5) is 18.1. The Morgan fingerprint density at radius 2 is 1.50 bits per heavy atom. The zero-order valence-corrected chi connectivity index (χ0v) is 23.1. The van der Waals surface area contributed by atoms with Gasteiger partial charge in [-0.05, 0) is 79.4 Å². The van der Waals surface area contributed by atoms with Crippen molar-refractivity contribution in [3.05, 3.63) is 113 Å². The molecule has 194 valence electrons. The van der Waals surface area contributed by atoms with E-state index in [1.807, 2.05) is 72.8 Å². The highest BCUT2D eigenvalue weighted by atomic mass is 32.2. The van der Waals surface area contributed by atoms with Crippen LogP contribution < -0.4 is 9.64 Å². The Balaban J connectivity index is 1.25. The standard InChI is InChI=1S/C32H32N2O2S2/c35-31-30(20-19-29(25-11-4-1-5-12-25)26-13-6-2-7-14-26)38-32(37)34(31)27-15-17-28(18-16-27)36-24-10-23-33-21-8-3-9-22-33/h1-2,4-7,11-20H,3,8-10,21-24H2/b30-20-. The van der Waals surface area contributed by atoms with Crippen molar-refractivity contribution in [1.29, 1.82) is 0 Å². The Hall–Kier alpha value is -3.19. The lowest BCUT2D eigenvalue weighted by atomic mass is 9.97. The number of ether oxygens (including phenoxy) is 1. The number of carbonyl (C=O) groups excluding carboxylic acids is 1. The number of allylic oxidation sites excluding steroid dienone is 2. The summed E-state index contributed by atoms with van der Waals surface area (Å²) in [5.41, 5.74) is 4.00. The van der Waals surface area contributed by atoms with Gasteiger partial charge < -0.3 is 9.64 Å². The van der Waals surface area contributed by atoms with Crippen LogP contribution in [0.1, 0.15) is 36.8 Å². The minimum atomic E-state index is -0.105. The summed E-state index contributed by atoms with van der Waals surface area (Å²) in [6, 6.07) is 28.1. The van der Waals surface area contributed by atoms with Crippen molar-refractivity contribution in [3.63, 3.8) is 0 Å². The van der Waals surface area contributed by atoms with E-state index in [1.54, 1.807) is 4.90 Å². The van der Waals surface area contributed by atoms with E-state index in [0.717, 1.165) is 41.1 Å². The fourth-order valence-electron chi connectivity index (χ4n) is 4.81. The summed E-state index contributed by atoms with van der Waals surface area (Å²) >= 11 is 6.93. The van der Waals surface area contributed by atoms with E-state index < -0.39 is 0 Å². The van der Waals surface area contributed by atoms with Crippen LogP contribution in [0.4, 0.5) is 5.69 Å². The molecule has 0 saturated carbocycles. The lowest BCUT2D eigenvalue weighted by molar-refractivity contribution is -0.113. The Labute approximate surface area is 235 Å². The fourth-order valence-corrected chi connectivity index (χ4v) is 6.05. The van der Waals surface area contributed by atoms with Crippen LogP contribution in [-0.4, -0.2) is 41.4 Å². The first-order valence-corrected chi connectivity index (χ1v) is 14.5. The molecule has 38 heavy (non-hydrogen) atoms. The first-order chi connectivity index (χ1) is 18.7. The van der Waals surface area contributed by atoms with Crippen LogP contribution >= 0.6 is 24.0 Å². The zero-order chi connectivity index (χ0) is 26.2. The number of anilines is 1. The van der Waals surface area contributed by atoms with Crippen LogP contribution in [0.5, 0.6) is 5.75 Å². The van der Waals surface area contributed by atoms with Gasteiger partial charge in [0.1, 0.15) is 5.75 Å². The number of piperidine rings is 1. The predicted octanol–water partition coefficient (Wildman–Crippen LogP) is 7.32. The van der Waals surface area contributed by atoms with Crippen LogP contribution in [0, 0.1) is 0 Å². The topological polar surface area (TPSA) is 32.8 Å². The SMILES string of the molecule is O=C1/C(=C/C=C(c2ccccc2)c2ccccc2)SC(=S)N1c1ccc(OCCCN2CCCCC2)cc1. The number of thioether (sulfide) groups is 1. The van der Waals surface area contributed by atoms with Crippen molar-refractivity contribution in [2.24, 2.45) is 0 Å². The quantitative estimate of drug-likeness (QED) is 0.161. The number of hydrogen-bond donors (Lipinski definition) is 0.